The molecule has 1 amide bonds. The predicted molar refractivity (Wildman–Crippen MR) is 194 cm³/mol. The number of amides is 1. The third-order valence-corrected chi connectivity index (χ3v) is 8.94. The van der Waals surface area contributed by atoms with Crippen LogP contribution in [-0.2, 0) is 18.4 Å². The molecule has 0 aromatic heterocycles. The van der Waals surface area contributed by atoms with Gasteiger partial charge in [0.1, 0.15) is 0 Å². The molecule has 46 heavy (non-hydrogen) atoms. The van der Waals surface area contributed by atoms with Gasteiger partial charge in [0.05, 0.1) is 25.4 Å². The lowest BCUT2D eigenvalue weighted by atomic mass is 10.1. The van der Waals surface area contributed by atoms with Crippen LogP contribution >= 0.6 is 7.82 Å². The average molecular weight is 671 g/mol. The summed E-state index contributed by atoms with van der Waals surface area (Å²) in [6.07, 6.45) is 37.5. The number of nitrogens with one attached hydrogen (secondary N) is 1. The van der Waals surface area contributed by atoms with Gasteiger partial charge >= 0.3 is 7.82 Å². The van der Waals surface area contributed by atoms with Crippen molar-refractivity contribution in [3.8, 4) is 0 Å². The fourth-order valence-corrected chi connectivity index (χ4v) is 5.86. The number of hydrogen-bond acceptors (Lipinski definition) is 6. The van der Waals surface area contributed by atoms with Gasteiger partial charge in [0.2, 0.25) is 5.91 Å². The number of phosphoric ester groups is 1. The normalized spacial score (nSPS) is 14.8. The van der Waals surface area contributed by atoms with Crippen molar-refractivity contribution in [2.75, 3.05) is 19.8 Å². The topological polar surface area (TPSA) is 131 Å². The molecule has 0 aromatic rings. The molecule has 0 saturated carbocycles. The number of phosphoric acid groups is 1. The van der Waals surface area contributed by atoms with Crippen molar-refractivity contribution in [3.05, 3.63) is 36.5 Å². The van der Waals surface area contributed by atoms with Crippen molar-refractivity contribution >= 4 is 13.7 Å². The van der Waals surface area contributed by atoms with Crippen LogP contribution in [0.3, 0.4) is 0 Å². The van der Waals surface area contributed by atoms with Crippen LogP contribution < -0.4 is 11.1 Å². The molecule has 270 valence electrons. The van der Waals surface area contributed by atoms with Crippen LogP contribution in [0, 0.1) is 0 Å². The summed E-state index contributed by atoms with van der Waals surface area (Å²) < 4.78 is 22.0. The van der Waals surface area contributed by atoms with E-state index in [1.165, 1.54) is 77.0 Å². The quantitative estimate of drug-likeness (QED) is 0.0305. The molecule has 0 aliphatic rings. The number of allylic oxidation sites excluding steroid dienone is 5. The molecule has 3 atom stereocenters. The molecule has 0 rings (SSSR count). The number of rotatable bonds is 34. The highest BCUT2D eigenvalue weighted by Gasteiger charge is 2.26. The number of nitrogens with two attached hydrogens (primary N) is 1. The van der Waals surface area contributed by atoms with Gasteiger partial charge in [0.15, 0.2) is 0 Å². The van der Waals surface area contributed by atoms with Gasteiger partial charge in [-0.05, 0) is 51.4 Å². The molecule has 8 nitrogen and oxygen atoms in total. The van der Waals surface area contributed by atoms with Crippen molar-refractivity contribution in [2.45, 2.75) is 174 Å². The standard InChI is InChI=1S/C37H71N2O6P/c1-3-5-7-9-11-13-15-16-17-18-19-21-23-25-27-29-31-37(41)39-35(34-45-46(42,43)44-33-32-38)36(40)30-28-26-24-22-20-14-12-10-8-6-4-2/h13,15,17-18,28,30,35-36,40H,3-12,14,16,19-27,29,31-34,38H2,1-2H3,(H,39,41)(H,42,43)/b15-13-,18-17-,30-28+. The molecule has 0 aromatic carbocycles. The minimum absolute atomic E-state index is 0.0753. The highest BCUT2D eigenvalue weighted by molar-refractivity contribution is 7.47. The maximum absolute atomic E-state index is 12.7. The lowest BCUT2D eigenvalue weighted by Gasteiger charge is -2.23. The number of aliphatic hydroxyl groups excluding tert-OH is 1. The van der Waals surface area contributed by atoms with E-state index in [0.717, 1.165) is 64.2 Å². The largest absolute Gasteiger partial charge is 0.472 e. The Bertz CT molecular complexity index is 820. The molecule has 3 unspecified atom stereocenters. The second-order valence-electron chi connectivity index (χ2n) is 12.4. The van der Waals surface area contributed by atoms with Crippen molar-refractivity contribution in [1.29, 1.82) is 0 Å². The minimum atomic E-state index is -4.33. The molecule has 0 saturated heterocycles. The van der Waals surface area contributed by atoms with Gasteiger partial charge in [0.25, 0.3) is 0 Å². The highest BCUT2D eigenvalue weighted by atomic mass is 31.2. The van der Waals surface area contributed by atoms with Crippen molar-refractivity contribution in [2.24, 2.45) is 5.73 Å². The summed E-state index contributed by atoms with van der Waals surface area (Å²) in [4.78, 5) is 22.5. The molecule has 0 aliphatic carbocycles. The molecular weight excluding hydrogens is 599 g/mol. The lowest BCUT2D eigenvalue weighted by Crippen LogP contribution is -2.45. The van der Waals surface area contributed by atoms with E-state index in [1.54, 1.807) is 6.08 Å². The van der Waals surface area contributed by atoms with Gasteiger partial charge < -0.3 is 21.1 Å². The number of carbonyl (C=O) groups is 1. The first kappa shape index (κ1) is 44.7. The smallest absolute Gasteiger partial charge is 0.387 e. The summed E-state index contributed by atoms with van der Waals surface area (Å²) in [6.45, 7) is 4.07. The molecule has 0 fully saturated rings. The Balaban J connectivity index is 4.34. The summed E-state index contributed by atoms with van der Waals surface area (Å²) in [5, 5.41) is 13.6. The number of carbonyl (C=O) groups excluding carboxylic acids is 1. The van der Waals surface area contributed by atoms with E-state index in [0.29, 0.717) is 6.42 Å². The van der Waals surface area contributed by atoms with E-state index in [4.69, 9.17) is 14.8 Å². The summed E-state index contributed by atoms with van der Waals surface area (Å²) in [6, 6.07) is -0.864. The van der Waals surface area contributed by atoms with Crippen LogP contribution in [0.5, 0.6) is 0 Å². The zero-order valence-corrected chi connectivity index (χ0v) is 30.4. The molecule has 0 radical (unpaired) electrons. The monoisotopic (exact) mass is 671 g/mol. The van der Waals surface area contributed by atoms with Crippen molar-refractivity contribution < 1.29 is 28.4 Å². The zero-order chi connectivity index (χ0) is 34.0. The van der Waals surface area contributed by atoms with Gasteiger partial charge in [-0.3, -0.25) is 13.8 Å². The fraction of sp³-hybridized carbons (Fsp3) is 0.811. The van der Waals surface area contributed by atoms with E-state index >= 15 is 0 Å². The van der Waals surface area contributed by atoms with Gasteiger partial charge in [-0.15, -0.1) is 0 Å². The maximum Gasteiger partial charge on any atom is 0.472 e. The molecule has 0 spiro atoms. The first-order valence-corrected chi connectivity index (χ1v) is 20.1. The van der Waals surface area contributed by atoms with Gasteiger partial charge in [-0.2, -0.15) is 0 Å². The third kappa shape index (κ3) is 31.3. The number of aliphatic hydroxyl groups is 1. The fourth-order valence-electron chi connectivity index (χ4n) is 5.10. The molecule has 0 aliphatic heterocycles. The van der Waals surface area contributed by atoms with Crippen LogP contribution in [0.1, 0.15) is 162 Å². The predicted octanol–water partition coefficient (Wildman–Crippen LogP) is 9.61. The third-order valence-electron chi connectivity index (χ3n) is 7.96. The second-order valence-corrected chi connectivity index (χ2v) is 13.9. The van der Waals surface area contributed by atoms with Crippen LogP contribution in [0.15, 0.2) is 36.5 Å². The van der Waals surface area contributed by atoms with E-state index in [1.807, 2.05) is 6.08 Å². The molecule has 0 heterocycles. The summed E-state index contributed by atoms with van der Waals surface area (Å²) in [5.74, 6) is -0.211. The Kier molecular flexibility index (Phi) is 32.7. The molecule has 5 N–H and O–H groups in total. The molecule has 0 bridgehead atoms. The molecular formula is C37H71N2O6P. The maximum atomic E-state index is 12.7. The molecule has 9 heteroatoms. The number of unbranched alkanes of at least 4 members (excludes halogenated alkanes) is 18. The highest BCUT2D eigenvalue weighted by Crippen LogP contribution is 2.43. The van der Waals surface area contributed by atoms with Crippen LogP contribution in [0.2, 0.25) is 0 Å². The Labute approximate surface area is 282 Å². The summed E-state index contributed by atoms with van der Waals surface area (Å²) in [7, 11) is -4.33. The van der Waals surface area contributed by atoms with Crippen LogP contribution in [-0.4, -0.2) is 47.8 Å². The lowest BCUT2D eigenvalue weighted by molar-refractivity contribution is -0.123. The second kappa shape index (κ2) is 33.6. The van der Waals surface area contributed by atoms with Gasteiger partial charge in [-0.25, -0.2) is 4.57 Å². The Morgan fingerprint density at radius 1 is 0.717 bits per heavy atom. The zero-order valence-electron chi connectivity index (χ0n) is 29.6. The average Bonchev–Trinajstić information content (AvgIpc) is 3.04. The minimum Gasteiger partial charge on any atom is -0.387 e. The van der Waals surface area contributed by atoms with Gasteiger partial charge in [-0.1, -0.05) is 140 Å². The van der Waals surface area contributed by atoms with E-state index < -0.39 is 20.0 Å². The van der Waals surface area contributed by atoms with Crippen LogP contribution in [0.25, 0.3) is 0 Å². The van der Waals surface area contributed by atoms with E-state index in [-0.39, 0.29) is 25.7 Å². The Morgan fingerprint density at radius 2 is 1.20 bits per heavy atom. The van der Waals surface area contributed by atoms with Crippen molar-refractivity contribution in [3.63, 3.8) is 0 Å². The summed E-state index contributed by atoms with van der Waals surface area (Å²) >= 11 is 0. The summed E-state index contributed by atoms with van der Waals surface area (Å²) in [5.41, 5.74) is 5.35. The Hall–Kier alpha value is -1.28. The van der Waals surface area contributed by atoms with Crippen LogP contribution in [0.4, 0.5) is 0 Å². The number of hydrogen-bond donors (Lipinski definition) is 4. The Morgan fingerprint density at radius 3 is 1.74 bits per heavy atom. The SMILES string of the molecule is CCCCCC/C=C\C/C=C\CCCCCCCC(=O)NC(COP(=O)(O)OCCN)C(O)/C=C/CCCCCCCCCCC. The van der Waals surface area contributed by atoms with E-state index in [9.17, 15) is 19.4 Å². The first-order chi connectivity index (χ1) is 22.4. The first-order valence-electron chi connectivity index (χ1n) is 18.6. The van der Waals surface area contributed by atoms with E-state index in [2.05, 4.69) is 43.5 Å². The van der Waals surface area contributed by atoms with Crippen molar-refractivity contribution in [1.82, 2.24) is 5.32 Å². The van der Waals surface area contributed by atoms with Gasteiger partial charge in [0, 0.05) is 13.0 Å².